The summed E-state index contributed by atoms with van der Waals surface area (Å²) in [5.41, 5.74) is 5.79. The summed E-state index contributed by atoms with van der Waals surface area (Å²) in [6.45, 7) is 6.19. The van der Waals surface area contributed by atoms with E-state index in [1.54, 1.807) is 0 Å². The van der Waals surface area contributed by atoms with Crippen molar-refractivity contribution >= 4 is 0 Å². The Morgan fingerprint density at radius 3 is 2.14 bits per heavy atom. The molecule has 21 heavy (non-hydrogen) atoms. The molecule has 0 saturated carbocycles. The third-order valence-electron chi connectivity index (χ3n) is 4.53. The van der Waals surface area contributed by atoms with Gasteiger partial charge in [0.2, 0.25) is 0 Å². The molecule has 0 bridgehead atoms. The number of hydrogen-bond acceptors (Lipinski definition) is 1. The van der Waals surface area contributed by atoms with Crippen LogP contribution < -0.4 is 0 Å². The number of rotatable bonds is 0. The van der Waals surface area contributed by atoms with Crippen LogP contribution in [-0.4, -0.2) is 6.10 Å². The van der Waals surface area contributed by atoms with Crippen molar-refractivity contribution in [2.45, 2.75) is 51.7 Å². The summed E-state index contributed by atoms with van der Waals surface area (Å²) >= 11 is 0. The first kappa shape index (κ1) is 14.3. The van der Waals surface area contributed by atoms with Gasteiger partial charge in [-0.05, 0) is 42.0 Å². The van der Waals surface area contributed by atoms with Crippen LogP contribution in [0.3, 0.4) is 0 Å². The van der Waals surface area contributed by atoms with Crippen LogP contribution in [0, 0.1) is 0 Å². The molecule has 0 amide bonds. The van der Waals surface area contributed by atoms with Crippen LogP contribution in [0.2, 0.25) is 0 Å². The number of hydrogen-bond donors (Lipinski definition) is 0. The quantitative estimate of drug-likeness (QED) is 0.640. The van der Waals surface area contributed by atoms with Crippen LogP contribution in [0.1, 0.15) is 61.5 Å². The molecule has 110 valence electrons. The molecule has 2 aliphatic rings. The Labute approximate surface area is 128 Å². The summed E-state index contributed by atoms with van der Waals surface area (Å²) in [4.78, 5) is 0. The van der Waals surface area contributed by atoms with E-state index in [4.69, 9.17) is 4.74 Å². The van der Waals surface area contributed by atoms with Crippen molar-refractivity contribution in [3.8, 4) is 0 Å². The summed E-state index contributed by atoms with van der Waals surface area (Å²) in [6, 6.07) is 17.7. The largest absolute Gasteiger partial charge is 0.370 e. The molecule has 1 aliphatic heterocycles. The van der Waals surface area contributed by atoms with Gasteiger partial charge < -0.3 is 4.74 Å². The molecule has 3 atom stereocenters. The predicted molar refractivity (Wildman–Crippen MR) is 87.7 cm³/mol. The summed E-state index contributed by atoms with van der Waals surface area (Å²) < 4.78 is 6.23. The zero-order valence-corrected chi connectivity index (χ0v) is 13.2. The molecule has 1 aliphatic carbocycles. The second-order valence-electron chi connectivity index (χ2n) is 5.78. The van der Waals surface area contributed by atoms with Gasteiger partial charge in [0, 0.05) is 5.92 Å². The van der Waals surface area contributed by atoms with Gasteiger partial charge in [-0.1, -0.05) is 62.4 Å². The minimum Gasteiger partial charge on any atom is -0.370 e. The van der Waals surface area contributed by atoms with E-state index in [0.29, 0.717) is 12.0 Å². The van der Waals surface area contributed by atoms with Crippen molar-refractivity contribution in [1.29, 1.82) is 0 Å². The monoisotopic (exact) mass is 280 g/mol. The summed E-state index contributed by atoms with van der Waals surface area (Å²) in [5.74, 6) is 0.523. The van der Waals surface area contributed by atoms with Gasteiger partial charge in [0.1, 0.15) is 0 Å². The second-order valence-corrected chi connectivity index (χ2v) is 5.78. The summed E-state index contributed by atoms with van der Waals surface area (Å²) in [6.07, 6.45) is 2.77. The van der Waals surface area contributed by atoms with Crippen LogP contribution in [0.5, 0.6) is 0 Å². The normalized spacial score (nSPS) is 25.8. The lowest BCUT2D eigenvalue weighted by Crippen LogP contribution is -2.06. The molecule has 1 nitrogen and oxygen atoms in total. The van der Waals surface area contributed by atoms with E-state index in [-0.39, 0.29) is 6.10 Å². The van der Waals surface area contributed by atoms with Crippen molar-refractivity contribution in [3.63, 3.8) is 0 Å². The minimum absolute atomic E-state index is 0.245. The van der Waals surface area contributed by atoms with Crippen LogP contribution in [-0.2, 0) is 11.2 Å². The maximum Gasteiger partial charge on any atom is 0.0900 e. The SMILES string of the molecule is CC.CC1CC2c3ccccc3Cc3ccccc3C2O1. The van der Waals surface area contributed by atoms with Crippen LogP contribution in [0.25, 0.3) is 0 Å². The van der Waals surface area contributed by atoms with E-state index in [9.17, 15) is 0 Å². The molecule has 1 heterocycles. The van der Waals surface area contributed by atoms with Crippen LogP contribution in [0.4, 0.5) is 0 Å². The smallest absolute Gasteiger partial charge is 0.0900 e. The van der Waals surface area contributed by atoms with Crippen molar-refractivity contribution < 1.29 is 4.74 Å². The van der Waals surface area contributed by atoms with Gasteiger partial charge in [-0.25, -0.2) is 0 Å². The lowest BCUT2D eigenvalue weighted by Gasteiger charge is -2.19. The Hall–Kier alpha value is -1.60. The van der Waals surface area contributed by atoms with Crippen molar-refractivity contribution in [3.05, 3.63) is 70.8 Å². The first-order valence-electron chi connectivity index (χ1n) is 8.14. The minimum atomic E-state index is 0.245. The van der Waals surface area contributed by atoms with Gasteiger partial charge in [0.25, 0.3) is 0 Å². The summed E-state index contributed by atoms with van der Waals surface area (Å²) in [5, 5.41) is 0. The molecular formula is C20H24O. The molecule has 0 aromatic heterocycles. The van der Waals surface area contributed by atoms with E-state index in [1.165, 1.54) is 22.3 Å². The van der Waals surface area contributed by atoms with E-state index < -0.39 is 0 Å². The highest BCUT2D eigenvalue weighted by atomic mass is 16.5. The summed E-state index contributed by atoms with van der Waals surface area (Å²) in [7, 11) is 0. The Balaban J connectivity index is 0.000000636. The van der Waals surface area contributed by atoms with Gasteiger partial charge in [-0.15, -0.1) is 0 Å². The van der Waals surface area contributed by atoms with Crippen molar-refractivity contribution in [2.75, 3.05) is 0 Å². The third kappa shape index (κ3) is 2.51. The molecule has 1 heteroatoms. The van der Waals surface area contributed by atoms with E-state index in [0.717, 1.165) is 12.8 Å². The molecule has 3 unspecified atom stereocenters. The average Bonchev–Trinajstić information content (AvgIpc) is 2.86. The fourth-order valence-corrected chi connectivity index (χ4v) is 3.70. The van der Waals surface area contributed by atoms with Crippen molar-refractivity contribution in [1.82, 2.24) is 0 Å². The maximum absolute atomic E-state index is 6.23. The Bertz CT molecular complexity index is 563. The van der Waals surface area contributed by atoms with Gasteiger partial charge in [-0.3, -0.25) is 0 Å². The topological polar surface area (TPSA) is 9.23 Å². The average molecular weight is 280 g/mol. The fraction of sp³-hybridized carbons (Fsp3) is 0.400. The van der Waals surface area contributed by atoms with Crippen LogP contribution >= 0.6 is 0 Å². The standard InChI is InChI=1S/C18H18O.C2H6/c1-12-10-17-15-8-4-2-6-13(15)11-14-7-3-5-9-16(14)18(17)19-12;1-2/h2-9,12,17-18H,10-11H2,1H3;1-2H3. The van der Waals surface area contributed by atoms with Crippen molar-refractivity contribution in [2.24, 2.45) is 0 Å². The fourth-order valence-electron chi connectivity index (χ4n) is 3.70. The first-order chi connectivity index (χ1) is 10.3. The predicted octanol–water partition coefficient (Wildman–Crippen LogP) is 5.25. The molecule has 2 aromatic carbocycles. The third-order valence-corrected chi connectivity index (χ3v) is 4.53. The molecule has 0 radical (unpaired) electrons. The molecule has 1 fully saturated rings. The Morgan fingerprint density at radius 1 is 0.857 bits per heavy atom. The highest BCUT2D eigenvalue weighted by molar-refractivity contribution is 5.44. The van der Waals surface area contributed by atoms with Gasteiger partial charge in [0.05, 0.1) is 12.2 Å². The Morgan fingerprint density at radius 2 is 1.43 bits per heavy atom. The zero-order chi connectivity index (χ0) is 14.8. The van der Waals surface area contributed by atoms with E-state index in [2.05, 4.69) is 55.5 Å². The number of fused-ring (bicyclic) bond motifs is 5. The second kappa shape index (κ2) is 6.03. The highest BCUT2D eigenvalue weighted by Crippen LogP contribution is 2.48. The number of benzene rings is 2. The molecule has 0 N–H and O–H groups in total. The van der Waals surface area contributed by atoms with Gasteiger partial charge in [-0.2, -0.15) is 0 Å². The molecule has 2 aromatic rings. The van der Waals surface area contributed by atoms with Gasteiger partial charge in [0.15, 0.2) is 0 Å². The molecule has 4 rings (SSSR count). The lowest BCUT2D eigenvalue weighted by molar-refractivity contribution is 0.0510. The zero-order valence-electron chi connectivity index (χ0n) is 13.2. The molecular weight excluding hydrogens is 256 g/mol. The lowest BCUT2D eigenvalue weighted by atomic mass is 9.87. The van der Waals surface area contributed by atoms with E-state index in [1.807, 2.05) is 13.8 Å². The van der Waals surface area contributed by atoms with Crippen LogP contribution in [0.15, 0.2) is 48.5 Å². The Kier molecular flexibility index (Phi) is 4.12. The molecule has 1 saturated heterocycles. The van der Waals surface area contributed by atoms with Gasteiger partial charge >= 0.3 is 0 Å². The molecule has 0 spiro atoms. The maximum atomic E-state index is 6.23. The number of ether oxygens (including phenoxy) is 1. The first-order valence-corrected chi connectivity index (χ1v) is 8.14. The van der Waals surface area contributed by atoms with E-state index >= 15 is 0 Å². The highest BCUT2D eigenvalue weighted by Gasteiger charge is 2.38.